The Morgan fingerprint density at radius 3 is 1.88 bits per heavy atom. The van der Waals surface area contributed by atoms with E-state index in [1.807, 2.05) is 0 Å². The van der Waals surface area contributed by atoms with Crippen LogP contribution in [0.2, 0.25) is 0 Å². The van der Waals surface area contributed by atoms with Gasteiger partial charge in [0.05, 0.1) is 0 Å². The zero-order valence-corrected chi connectivity index (χ0v) is 15.9. The number of hydrogen-bond acceptors (Lipinski definition) is 1. The van der Waals surface area contributed by atoms with Crippen molar-refractivity contribution in [3.8, 4) is 0 Å². The van der Waals surface area contributed by atoms with Gasteiger partial charge in [-0.3, -0.25) is 0 Å². The van der Waals surface area contributed by atoms with Crippen molar-refractivity contribution in [1.29, 1.82) is 0 Å². The maximum Gasteiger partial charge on any atom is 0.00925 e. The standard InChI is InChI=1S/C15H31N.In/c1-12(2)10-14-6-8-15(9-7-14)16(5)11-13(3)4;/h12-15H,6-11H2,1-5H3;. The molecule has 0 atom stereocenters. The maximum atomic E-state index is 2.59. The van der Waals surface area contributed by atoms with E-state index in [-0.39, 0.29) is 25.8 Å². The molecule has 0 N–H and O–H groups in total. The Balaban J connectivity index is 0.00000256. The van der Waals surface area contributed by atoms with Crippen molar-refractivity contribution in [3.63, 3.8) is 0 Å². The van der Waals surface area contributed by atoms with E-state index in [1.54, 1.807) is 0 Å². The van der Waals surface area contributed by atoms with Crippen LogP contribution in [0.3, 0.4) is 0 Å². The molecule has 0 amide bonds. The summed E-state index contributed by atoms with van der Waals surface area (Å²) in [4.78, 5) is 2.59. The first-order valence-corrected chi connectivity index (χ1v) is 7.19. The predicted octanol–water partition coefficient (Wildman–Crippen LogP) is 3.80. The molecule has 99 valence electrons. The van der Waals surface area contributed by atoms with E-state index in [2.05, 4.69) is 39.6 Å². The Labute approximate surface area is 128 Å². The van der Waals surface area contributed by atoms with Crippen molar-refractivity contribution in [2.75, 3.05) is 13.6 Å². The van der Waals surface area contributed by atoms with Gasteiger partial charge in [0, 0.05) is 38.4 Å². The number of rotatable bonds is 5. The molecule has 0 heterocycles. The van der Waals surface area contributed by atoms with Gasteiger partial charge in [0.15, 0.2) is 0 Å². The van der Waals surface area contributed by atoms with E-state index in [1.165, 1.54) is 38.6 Å². The molecule has 0 aromatic carbocycles. The van der Waals surface area contributed by atoms with E-state index in [4.69, 9.17) is 0 Å². The normalized spacial score (nSPS) is 25.4. The minimum Gasteiger partial charge on any atom is -0.303 e. The van der Waals surface area contributed by atoms with Crippen molar-refractivity contribution in [2.24, 2.45) is 17.8 Å². The second kappa shape index (κ2) is 8.85. The third kappa shape index (κ3) is 7.10. The van der Waals surface area contributed by atoms with Gasteiger partial charge in [-0.05, 0) is 56.9 Å². The summed E-state index contributed by atoms with van der Waals surface area (Å²) in [6.45, 7) is 10.6. The van der Waals surface area contributed by atoms with Crippen LogP contribution in [0.1, 0.15) is 59.8 Å². The van der Waals surface area contributed by atoms with Gasteiger partial charge in [0.25, 0.3) is 0 Å². The van der Waals surface area contributed by atoms with Crippen molar-refractivity contribution in [2.45, 2.75) is 65.8 Å². The fourth-order valence-electron chi connectivity index (χ4n) is 3.21. The van der Waals surface area contributed by atoms with Crippen molar-refractivity contribution in [3.05, 3.63) is 0 Å². The summed E-state index contributed by atoms with van der Waals surface area (Å²) in [5.74, 6) is 2.71. The van der Waals surface area contributed by atoms with Crippen LogP contribution in [-0.2, 0) is 0 Å². The van der Waals surface area contributed by atoms with Gasteiger partial charge in [0.1, 0.15) is 0 Å². The average Bonchev–Trinajstić information content (AvgIpc) is 2.16. The molecule has 17 heavy (non-hydrogen) atoms. The molecule has 1 aliphatic rings. The molecule has 1 rings (SSSR count). The second-order valence-electron chi connectivity index (χ2n) is 6.64. The van der Waals surface area contributed by atoms with Gasteiger partial charge in [0.2, 0.25) is 0 Å². The molecular formula is C15H31InN. The van der Waals surface area contributed by atoms with Gasteiger partial charge < -0.3 is 4.90 Å². The van der Waals surface area contributed by atoms with Crippen LogP contribution < -0.4 is 0 Å². The molecule has 0 spiro atoms. The first kappa shape index (κ1) is 17.8. The van der Waals surface area contributed by atoms with Gasteiger partial charge in [-0.25, -0.2) is 0 Å². The second-order valence-corrected chi connectivity index (χ2v) is 6.64. The zero-order chi connectivity index (χ0) is 12.1. The molecular weight excluding hydrogens is 309 g/mol. The van der Waals surface area contributed by atoms with Crippen LogP contribution in [0.4, 0.5) is 0 Å². The average molecular weight is 340 g/mol. The number of hydrogen-bond donors (Lipinski definition) is 0. The Kier molecular flexibility index (Phi) is 9.28. The van der Waals surface area contributed by atoms with Crippen LogP contribution in [0, 0.1) is 17.8 Å². The van der Waals surface area contributed by atoms with Crippen LogP contribution in [0.5, 0.6) is 0 Å². The summed E-state index contributed by atoms with van der Waals surface area (Å²) in [6.07, 6.45) is 7.23. The fourth-order valence-corrected chi connectivity index (χ4v) is 3.21. The molecule has 0 saturated heterocycles. The summed E-state index contributed by atoms with van der Waals surface area (Å²) < 4.78 is 0. The van der Waals surface area contributed by atoms with Gasteiger partial charge in [-0.2, -0.15) is 0 Å². The first-order chi connectivity index (χ1) is 7.49. The third-order valence-electron chi connectivity index (χ3n) is 3.90. The fraction of sp³-hybridized carbons (Fsp3) is 1.00. The molecule has 1 fully saturated rings. The van der Waals surface area contributed by atoms with E-state index < -0.39 is 0 Å². The molecule has 0 aromatic heterocycles. The first-order valence-electron chi connectivity index (χ1n) is 7.19. The van der Waals surface area contributed by atoms with Crippen LogP contribution >= 0.6 is 0 Å². The van der Waals surface area contributed by atoms with E-state index in [9.17, 15) is 0 Å². The SMILES string of the molecule is CC(C)CC1CCC(N(C)CC(C)C)CC1.[In]. The van der Waals surface area contributed by atoms with Crippen molar-refractivity contribution >= 4 is 25.8 Å². The third-order valence-corrected chi connectivity index (χ3v) is 3.90. The largest absolute Gasteiger partial charge is 0.303 e. The predicted molar refractivity (Wildman–Crippen MR) is 78.4 cm³/mol. The maximum absolute atomic E-state index is 2.59. The summed E-state index contributed by atoms with van der Waals surface area (Å²) in [7, 11) is 2.31. The van der Waals surface area contributed by atoms with Gasteiger partial charge in [-0.15, -0.1) is 0 Å². The molecule has 1 aliphatic carbocycles. The van der Waals surface area contributed by atoms with E-state index in [0.29, 0.717) is 0 Å². The Bertz CT molecular complexity index is 183. The molecule has 0 bridgehead atoms. The summed E-state index contributed by atoms with van der Waals surface area (Å²) in [5.41, 5.74) is 0. The number of nitrogens with zero attached hydrogens (tertiary/aromatic N) is 1. The molecule has 2 heteroatoms. The Hall–Kier alpha value is 0.830. The zero-order valence-electron chi connectivity index (χ0n) is 12.6. The van der Waals surface area contributed by atoms with Gasteiger partial charge >= 0.3 is 0 Å². The molecule has 0 aliphatic heterocycles. The molecule has 1 saturated carbocycles. The minimum atomic E-state index is 0. The van der Waals surface area contributed by atoms with Gasteiger partial charge in [-0.1, -0.05) is 27.7 Å². The molecule has 1 nitrogen and oxygen atoms in total. The summed E-state index contributed by atoms with van der Waals surface area (Å²) in [6, 6.07) is 0.866. The quantitative estimate of drug-likeness (QED) is 0.736. The molecule has 0 unspecified atom stereocenters. The monoisotopic (exact) mass is 340 g/mol. The Morgan fingerprint density at radius 1 is 0.941 bits per heavy atom. The minimum absolute atomic E-state index is 0. The summed E-state index contributed by atoms with van der Waals surface area (Å²) in [5, 5.41) is 0. The Morgan fingerprint density at radius 2 is 1.47 bits per heavy atom. The van der Waals surface area contributed by atoms with Crippen LogP contribution in [-0.4, -0.2) is 50.4 Å². The van der Waals surface area contributed by atoms with Crippen molar-refractivity contribution in [1.82, 2.24) is 4.90 Å². The van der Waals surface area contributed by atoms with E-state index in [0.717, 1.165) is 23.8 Å². The topological polar surface area (TPSA) is 3.24 Å². The van der Waals surface area contributed by atoms with Crippen LogP contribution in [0.25, 0.3) is 0 Å². The van der Waals surface area contributed by atoms with Crippen LogP contribution in [0.15, 0.2) is 0 Å². The van der Waals surface area contributed by atoms with E-state index >= 15 is 0 Å². The molecule has 0 aromatic rings. The van der Waals surface area contributed by atoms with Crippen molar-refractivity contribution < 1.29 is 0 Å². The smallest absolute Gasteiger partial charge is 0.00925 e. The molecule has 3 radical (unpaired) electrons. The summed E-state index contributed by atoms with van der Waals surface area (Å²) >= 11 is 0.